The van der Waals surface area contributed by atoms with Crippen LogP contribution in [0.2, 0.25) is 0 Å². The second kappa shape index (κ2) is 4.62. The number of ketones is 1. The highest BCUT2D eigenvalue weighted by Crippen LogP contribution is 2.26. The van der Waals surface area contributed by atoms with Crippen molar-refractivity contribution in [1.29, 1.82) is 0 Å². The summed E-state index contributed by atoms with van der Waals surface area (Å²) in [6, 6.07) is 12.4. The van der Waals surface area contributed by atoms with Gasteiger partial charge in [0.1, 0.15) is 5.69 Å². The van der Waals surface area contributed by atoms with E-state index in [1.54, 1.807) is 47.1 Å². The van der Waals surface area contributed by atoms with Gasteiger partial charge in [-0.05, 0) is 30.3 Å². The van der Waals surface area contributed by atoms with Gasteiger partial charge in [0.2, 0.25) is 0 Å². The van der Waals surface area contributed by atoms with Gasteiger partial charge in [0.05, 0.1) is 5.69 Å². The Morgan fingerprint density at radius 3 is 2.60 bits per heavy atom. The van der Waals surface area contributed by atoms with Crippen LogP contribution >= 0.6 is 0 Å². The zero-order chi connectivity index (χ0) is 14.1. The number of rotatable bonds is 3. The lowest BCUT2D eigenvalue weighted by molar-refractivity contribution is -0.131. The van der Waals surface area contributed by atoms with Crippen LogP contribution < -0.4 is 0 Å². The van der Waals surface area contributed by atoms with Gasteiger partial charge in [0, 0.05) is 23.5 Å². The van der Waals surface area contributed by atoms with E-state index in [-0.39, 0.29) is 5.69 Å². The fraction of sp³-hybridized carbons (Fsp3) is 0. The molecule has 0 aliphatic heterocycles. The maximum Gasteiger partial charge on any atom is 0.378 e. The highest BCUT2D eigenvalue weighted by Gasteiger charge is 2.24. The predicted molar refractivity (Wildman–Crippen MR) is 72.6 cm³/mol. The minimum atomic E-state index is -1.48. The van der Waals surface area contributed by atoms with E-state index in [0.29, 0.717) is 11.3 Å². The summed E-state index contributed by atoms with van der Waals surface area (Å²) in [6.07, 6.45) is 3.27. The maximum absolute atomic E-state index is 12.0. The van der Waals surface area contributed by atoms with Crippen molar-refractivity contribution >= 4 is 17.3 Å². The smallest absolute Gasteiger partial charge is 0.378 e. The Balaban J connectivity index is 2.34. The van der Waals surface area contributed by atoms with Gasteiger partial charge >= 0.3 is 5.97 Å². The number of aromatic nitrogens is 2. The number of hydrogen-bond acceptors (Lipinski definition) is 3. The number of nitrogens with zero attached hydrogens (tertiary/aromatic N) is 2. The number of aliphatic carboxylic acids is 1. The molecule has 0 radical (unpaired) electrons. The molecule has 5 nitrogen and oxygen atoms in total. The third-order valence-corrected chi connectivity index (χ3v) is 3.03. The number of carbonyl (C=O) groups is 2. The average Bonchev–Trinajstić information content (AvgIpc) is 2.86. The van der Waals surface area contributed by atoms with E-state index >= 15 is 0 Å². The van der Waals surface area contributed by atoms with Gasteiger partial charge in [0.15, 0.2) is 0 Å². The summed E-state index contributed by atoms with van der Waals surface area (Å²) in [6.45, 7) is 0. The summed E-state index contributed by atoms with van der Waals surface area (Å²) in [7, 11) is 0. The van der Waals surface area contributed by atoms with Crippen molar-refractivity contribution < 1.29 is 14.7 Å². The van der Waals surface area contributed by atoms with E-state index in [1.165, 1.54) is 0 Å². The Morgan fingerprint density at radius 2 is 1.90 bits per heavy atom. The summed E-state index contributed by atoms with van der Waals surface area (Å²) >= 11 is 0. The van der Waals surface area contributed by atoms with Crippen LogP contribution in [0.3, 0.4) is 0 Å². The van der Waals surface area contributed by atoms with Gasteiger partial charge in [-0.3, -0.25) is 9.78 Å². The van der Waals surface area contributed by atoms with Gasteiger partial charge in [-0.15, -0.1) is 0 Å². The first-order valence-corrected chi connectivity index (χ1v) is 5.97. The monoisotopic (exact) mass is 266 g/mol. The molecule has 0 saturated heterocycles. The lowest BCUT2D eigenvalue weighted by Gasteiger charge is -2.02. The van der Waals surface area contributed by atoms with Crippen molar-refractivity contribution in [2.24, 2.45) is 0 Å². The number of carbonyl (C=O) groups excluding carboxylic acids is 1. The van der Waals surface area contributed by atoms with Crippen LogP contribution in [0.4, 0.5) is 0 Å². The molecular weight excluding hydrogens is 256 g/mol. The zero-order valence-corrected chi connectivity index (χ0v) is 10.4. The van der Waals surface area contributed by atoms with Crippen LogP contribution in [0.1, 0.15) is 10.5 Å². The molecule has 98 valence electrons. The molecule has 5 heteroatoms. The SMILES string of the molecule is O=C(O)C(=O)c1c(-c2ccccn2)cc2ccccn12. The van der Waals surface area contributed by atoms with Crippen molar-refractivity contribution in [2.45, 2.75) is 0 Å². The molecule has 0 spiro atoms. The quantitative estimate of drug-likeness (QED) is 0.583. The van der Waals surface area contributed by atoms with Crippen LogP contribution in [0.15, 0.2) is 54.9 Å². The normalized spacial score (nSPS) is 10.6. The minimum absolute atomic E-state index is 0.117. The van der Waals surface area contributed by atoms with Gasteiger partial charge in [0.25, 0.3) is 5.78 Å². The Bertz CT molecular complexity index is 806. The second-order valence-corrected chi connectivity index (χ2v) is 4.25. The van der Waals surface area contributed by atoms with Crippen molar-refractivity contribution in [3.8, 4) is 11.3 Å². The molecule has 0 amide bonds. The topological polar surface area (TPSA) is 71.7 Å². The molecule has 0 bridgehead atoms. The van der Waals surface area contributed by atoms with Crippen LogP contribution in [-0.4, -0.2) is 26.2 Å². The fourth-order valence-corrected chi connectivity index (χ4v) is 2.17. The predicted octanol–water partition coefficient (Wildman–Crippen LogP) is 2.27. The first-order chi connectivity index (χ1) is 9.68. The van der Waals surface area contributed by atoms with Crippen LogP contribution in [0, 0.1) is 0 Å². The van der Waals surface area contributed by atoms with Crippen LogP contribution in [0.5, 0.6) is 0 Å². The van der Waals surface area contributed by atoms with E-state index in [0.717, 1.165) is 5.52 Å². The molecule has 3 aromatic rings. The molecule has 0 unspecified atom stereocenters. The minimum Gasteiger partial charge on any atom is -0.475 e. The molecule has 3 aromatic heterocycles. The van der Waals surface area contributed by atoms with E-state index in [1.807, 2.05) is 12.1 Å². The molecule has 0 aliphatic carbocycles. The molecule has 0 saturated carbocycles. The van der Waals surface area contributed by atoms with Gasteiger partial charge in [-0.1, -0.05) is 12.1 Å². The van der Waals surface area contributed by atoms with Crippen LogP contribution in [-0.2, 0) is 4.79 Å². The Hall–Kier alpha value is -2.95. The Morgan fingerprint density at radius 1 is 1.10 bits per heavy atom. The third kappa shape index (κ3) is 1.85. The largest absolute Gasteiger partial charge is 0.475 e. The highest BCUT2D eigenvalue weighted by molar-refractivity contribution is 6.40. The van der Waals surface area contributed by atoms with Crippen molar-refractivity contribution in [2.75, 3.05) is 0 Å². The molecule has 3 heterocycles. The summed E-state index contributed by atoms with van der Waals surface area (Å²) in [5, 5.41) is 9.00. The van der Waals surface area contributed by atoms with Gasteiger partial charge < -0.3 is 9.51 Å². The van der Waals surface area contributed by atoms with Crippen molar-refractivity contribution in [3.63, 3.8) is 0 Å². The van der Waals surface area contributed by atoms with E-state index in [2.05, 4.69) is 4.98 Å². The fourth-order valence-electron chi connectivity index (χ4n) is 2.17. The molecule has 1 N–H and O–H groups in total. The molecule has 3 rings (SSSR count). The van der Waals surface area contributed by atoms with Gasteiger partial charge in [-0.2, -0.15) is 0 Å². The highest BCUT2D eigenvalue weighted by atomic mass is 16.4. The number of hydrogen-bond donors (Lipinski definition) is 1. The molecule has 20 heavy (non-hydrogen) atoms. The van der Waals surface area contributed by atoms with E-state index < -0.39 is 11.8 Å². The van der Waals surface area contributed by atoms with E-state index in [4.69, 9.17) is 5.11 Å². The Kier molecular flexibility index (Phi) is 2.80. The Labute approximate surface area is 114 Å². The average molecular weight is 266 g/mol. The summed E-state index contributed by atoms with van der Waals surface area (Å²) in [4.78, 5) is 27.2. The first kappa shape index (κ1) is 12.1. The molecule has 0 aliphatic rings. The maximum atomic E-state index is 12.0. The first-order valence-electron chi connectivity index (χ1n) is 5.97. The van der Waals surface area contributed by atoms with Crippen molar-refractivity contribution in [1.82, 2.24) is 9.38 Å². The summed E-state index contributed by atoms with van der Waals surface area (Å²) in [5.74, 6) is -2.43. The number of Topliss-reactive ketones (excluding diaryl/α,β-unsaturated/α-hetero) is 1. The van der Waals surface area contributed by atoms with E-state index in [9.17, 15) is 9.59 Å². The second-order valence-electron chi connectivity index (χ2n) is 4.25. The number of carboxylic acids is 1. The zero-order valence-electron chi connectivity index (χ0n) is 10.4. The standard InChI is InChI=1S/C15H10N2O3/c18-14(15(19)20)13-11(12-6-1-3-7-16-12)9-10-5-2-4-8-17(10)13/h1-9H,(H,19,20). The number of fused-ring (bicyclic) bond motifs is 1. The van der Waals surface area contributed by atoms with Gasteiger partial charge in [-0.25, -0.2) is 4.79 Å². The molecule has 0 atom stereocenters. The van der Waals surface area contributed by atoms with Crippen LogP contribution in [0.25, 0.3) is 16.8 Å². The number of carboxylic acid groups (broad SMARTS) is 1. The molecule has 0 aromatic carbocycles. The molecular formula is C15H10N2O3. The van der Waals surface area contributed by atoms with Crippen molar-refractivity contribution in [3.05, 3.63) is 60.6 Å². The summed E-state index contributed by atoms with van der Waals surface area (Å²) in [5.41, 5.74) is 1.95. The summed E-state index contributed by atoms with van der Waals surface area (Å²) < 4.78 is 1.57. The lowest BCUT2D eigenvalue weighted by atomic mass is 10.1. The lowest BCUT2D eigenvalue weighted by Crippen LogP contribution is -2.16. The third-order valence-electron chi connectivity index (χ3n) is 3.03. The molecule has 0 fully saturated rings. The number of pyridine rings is 2.